The van der Waals surface area contributed by atoms with Crippen molar-refractivity contribution in [3.63, 3.8) is 0 Å². The van der Waals surface area contributed by atoms with Crippen molar-refractivity contribution in [2.24, 2.45) is 0 Å². The van der Waals surface area contributed by atoms with Gasteiger partial charge in [-0.2, -0.15) is 0 Å². The Balaban J connectivity index is 0. The first-order valence-electron chi connectivity index (χ1n) is 2.92. The van der Waals surface area contributed by atoms with E-state index < -0.39 is 0 Å². The topological polar surface area (TPSA) is 83.2 Å². The Morgan fingerprint density at radius 3 is 2.09 bits per heavy atom. The molecule has 0 aliphatic carbocycles. The highest BCUT2D eigenvalue weighted by Crippen LogP contribution is 1.79. The Morgan fingerprint density at radius 1 is 1.09 bits per heavy atom. The number of hydrogen-bond acceptors (Lipinski definition) is 1. The largest absolute Gasteiger partial charge is 0.412 e. The quantitative estimate of drug-likeness (QED) is 0.508. The Labute approximate surface area is 66.5 Å². The molecule has 1 aromatic rings. The summed E-state index contributed by atoms with van der Waals surface area (Å²) in [6.45, 7) is 0.115. The monoisotopic (exact) mass is 155 g/mol. The molecule has 4 heteroatoms. The summed E-state index contributed by atoms with van der Waals surface area (Å²) in [6, 6.07) is 9.75. The highest BCUT2D eigenvalue weighted by Gasteiger charge is 1.88. The van der Waals surface area contributed by atoms with Crippen LogP contribution < -0.4 is 5.46 Å². The third kappa shape index (κ3) is 4.55. The van der Waals surface area contributed by atoms with Gasteiger partial charge in [-0.15, -0.1) is 0 Å². The predicted octanol–water partition coefficient (Wildman–Crippen LogP) is -1.68. The fourth-order valence-corrected chi connectivity index (χ4v) is 0.695. The summed E-state index contributed by atoms with van der Waals surface area (Å²) in [5.41, 5.74) is 1.07. The molecule has 0 unspecified atom stereocenters. The van der Waals surface area contributed by atoms with Crippen molar-refractivity contribution >= 4 is 12.7 Å². The lowest BCUT2D eigenvalue weighted by atomic mass is 9.72. The molecule has 0 bridgehead atoms. The molecule has 0 heterocycles. The predicted molar refractivity (Wildman–Crippen MR) is 46.1 cm³/mol. The van der Waals surface area contributed by atoms with Crippen molar-refractivity contribution in [2.45, 2.75) is 0 Å². The molecule has 5 N–H and O–H groups in total. The molecular weight excluding hydrogens is 143 g/mol. The van der Waals surface area contributed by atoms with Gasteiger partial charge in [0.2, 0.25) is 0 Å². The van der Waals surface area contributed by atoms with Crippen molar-refractivity contribution in [3.8, 4) is 0 Å². The van der Waals surface area contributed by atoms with E-state index >= 15 is 0 Å². The summed E-state index contributed by atoms with van der Waals surface area (Å²) in [4.78, 5) is 0. The van der Waals surface area contributed by atoms with Gasteiger partial charge in [-0.1, -0.05) is 35.8 Å². The SMILES string of the molecule is O.O.OC[B]c1ccccc1. The van der Waals surface area contributed by atoms with Crippen LogP contribution in [0.4, 0.5) is 0 Å². The number of rotatable bonds is 2. The fraction of sp³-hybridized carbons (Fsp3) is 0.143. The minimum absolute atomic E-state index is 0. The van der Waals surface area contributed by atoms with Crippen molar-refractivity contribution in [2.75, 3.05) is 6.51 Å². The van der Waals surface area contributed by atoms with Crippen LogP contribution in [-0.4, -0.2) is 29.8 Å². The van der Waals surface area contributed by atoms with Gasteiger partial charge in [0.25, 0.3) is 0 Å². The summed E-state index contributed by atoms with van der Waals surface area (Å²) in [5, 5.41) is 8.46. The van der Waals surface area contributed by atoms with Gasteiger partial charge < -0.3 is 16.1 Å². The maximum absolute atomic E-state index is 8.46. The number of aliphatic hydroxyl groups excluding tert-OH is 1. The third-order valence-electron chi connectivity index (χ3n) is 1.13. The molecule has 3 nitrogen and oxygen atoms in total. The average Bonchev–Trinajstić information content (AvgIpc) is 1.91. The zero-order chi connectivity index (χ0) is 6.53. The fourth-order valence-electron chi connectivity index (χ4n) is 0.695. The highest BCUT2D eigenvalue weighted by atomic mass is 16.2. The standard InChI is InChI=1S/C7H8BO.2H2O/c9-6-8-7-4-2-1-3-5-7;;/h1-5,9H,6H2;2*1H2. The van der Waals surface area contributed by atoms with Crippen molar-refractivity contribution < 1.29 is 16.1 Å². The first kappa shape index (κ1) is 12.8. The van der Waals surface area contributed by atoms with Crippen molar-refractivity contribution in [1.82, 2.24) is 0 Å². The summed E-state index contributed by atoms with van der Waals surface area (Å²) in [5.74, 6) is 0. The van der Waals surface area contributed by atoms with E-state index in [1.807, 2.05) is 30.3 Å². The van der Waals surface area contributed by atoms with E-state index in [1.54, 1.807) is 7.28 Å². The molecule has 0 fully saturated rings. The minimum atomic E-state index is 0. The van der Waals surface area contributed by atoms with Crippen LogP contribution in [-0.2, 0) is 0 Å². The number of aliphatic hydroxyl groups is 1. The molecule has 0 saturated heterocycles. The summed E-state index contributed by atoms with van der Waals surface area (Å²) in [7, 11) is 1.76. The van der Waals surface area contributed by atoms with E-state index in [4.69, 9.17) is 5.11 Å². The molecule has 0 atom stereocenters. The second kappa shape index (κ2) is 7.27. The first-order valence-corrected chi connectivity index (χ1v) is 2.92. The molecule has 0 spiro atoms. The van der Waals surface area contributed by atoms with Crippen LogP contribution in [0.15, 0.2) is 30.3 Å². The molecule has 0 saturated carbocycles. The highest BCUT2D eigenvalue weighted by molar-refractivity contribution is 6.53. The third-order valence-corrected chi connectivity index (χ3v) is 1.13. The van der Waals surface area contributed by atoms with Crippen molar-refractivity contribution in [3.05, 3.63) is 30.3 Å². The Hall–Kier alpha value is -0.835. The molecule has 1 rings (SSSR count). The van der Waals surface area contributed by atoms with Gasteiger partial charge in [0.15, 0.2) is 7.28 Å². The molecule has 0 aromatic heterocycles. The van der Waals surface area contributed by atoms with Gasteiger partial charge in [-0.05, 0) is 0 Å². The Morgan fingerprint density at radius 2 is 1.64 bits per heavy atom. The number of hydrogen-bond donors (Lipinski definition) is 1. The van der Waals surface area contributed by atoms with Crippen LogP contribution in [0.2, 0.25) is 0 Å². The number of benzene rings is 1. The maximum atomic E-state index is 8.46. The first-order chi connectivity index (χ1) is 4.43. The van der Waals surface area contributed by atoms with E-state index in [0.717, 1.165) is 5.46 Å². The van der Waals surface area contributed by atoms with Gasteiger partial charge >= 0.3 is 0 Å². The molecule has 0 amide bonds. The van der Waals surface area contributed by atoms with Gasteiger partial charge in [0, 0.05) is 6.51 Å². The average molecular weight is 155 g/mol. The summed E-state index contributed by atoms with van der Waals surface area (Å²) >= 11 is 0. The molecule has 1 radical (unpaired) electrons. The molecule has 1 aromatic carbocycles. The van der Waals surface area contributed by atoms with Crippen LogP contribution >= 0.6 is 0 Å². The lowest BCUT2D eigenvalue weighted by Crippen LogP contribution is -2.16. The lowest BCUT2D eigenvalue weighted by molar-refractivity contribution is 0.367. The van der Waals surface area contributed by atoms with E-state index in [9.17, 15) is 0 Å². The normalized spacial score (nSPS) is 7.36. The van der Waals surface area contributed by atoms with Gasteiger partial charge in [-0.3, -0.25) is 0 Å². The second-order valence-corrected chi connectivity index (χ2v) is 1.80. The Kier molecular flexibility index (Phi) is 8.47. The molecule has 0 aliphatic rings. The van der Waals surface area contributed by atoms with Crippen molar-refractivity contribution in [1.29, 1.82) is 0 Å². The zero-order valence-corrected chi connectivity index (χ0v) is 6.12. The summed E-state index contributed by atoms with van der Waals surface area (Å²) < 4.78 is 0. The molecule has 11 heavy (non-hydrogen) atoms. The maximum Gasteiger partial charge on any atom is 0.185 e. The van der Waals surface area contributed by atoms with Crippen LogP contribution in [0.5, 0.6) is 0 Å². The molecule has 61 valence electrons. The molecular formula is C7H12BO3. The van der Waals surface area contributed by atoms with Crippen LogP contribution in [0.3, 0.4) is 0 Å². The van der Waals surface area contributed by atoms with E-state index in [-0.39, 0.29) is 17.5 Å². The van der Waals surface area contributed by atoms with Gasteiger partial charge in [-0.25, -0.2) is 0 Å². The van der Waals surface area contributed by atoms with Crippen LogP contribution in [0.25, 0.3) is 0 Å². The van der Waals surface area contributed by atoms with Gasteiger partial charge in [0.05, 0.1) is 0 Å². The van der Waals surface area contributed by atoms with E-state index in [0.29, 0.717) is 0 Å². The minimum Gasteiger partial charge on any atom is -0.412 e. The molecule has 0 aliphatic heterocycles. The van der Waals surface area contributed by atoms with Crippen LogP contribution in [0.1, 0.15) is 0 Å². The lowest BCUT2D eigenvalue weighted by Gasteiger charge is -1.91. The smallest absolute Gasteiger partial charge is 0.185 e. The van der Waals surface area contributed by atoms with Crippen LogP contribution in [0, 0.1) is 0 Å². The second-order valence-electron chi connectivity index (χ2n) is 1.80. The van der Waals surface area contributed by atoms with E-state index in [2.05, 4.69) is 0 Å². The summed E-state index contributed by atoms with van der Waals surface area (Å²) in [6.07, 6.45) is 0. The Bertz CT molecular complexity index is 167. The van der Waals surface area contributed by atoms with E-state index in [1.165, 1.54) is 0 Å². The zero-order valence-electron chi connectivity index (χ0n) is 6.12. The van der Waals surface area contributed by atoms with Gasteiger partial charge in [0.1, 0.15) is 0 Å².